The molecule has 0 radical (unpaired) electrons. The number of amides is 1. The van der Waals surface area contributed by atoms with Gasteiger partial charge in [0.05, 0.1) is 32.9 Å². The van der Waals surface area contributed by atoms with E-state index in [4.69, 9.17) is 26.4 Å². The van der Waals surface area contributed by atoms with E-state index >= 15 is 0 Å². The van der Waals surface area contributed by atoms with E-state index < -0.39 is 6.04 Å². The first-order valence-corrected chi connectivity index (χ1v) is 9.33. The minimum absolute atomic E-state index is 0.252. The number of carbonyl (C=O) groups excluding carboxylic acids is 1. The highest BCUT2D eigenvalue weighted by Gasteiger charge is 2.32. The molecule has 0 spiro atoms. The number of allylic oxidation sites excluding steroid dienone is 1. The summed E-state index contributed by atoms with van der Waals surface area (Å²) in [6.45, 7) is 1.82. The van der Waals surface area contributed by atoms with E-state index in [0.29, 0.717) is 39.3 Å². The largest absolute Gasteiger partial charge is 0.497 e. The summed E-state index contributed by atoms with van der Waals surface area (Å²) < 4.78 is 16.0. The van der Waals surface area contributed by atoms with Gasteiger partial charge in [-0.3, -0.25) is 4.79 Å². The van der Waals surface area contributed by atoms with E-state index in [-0.39, 0.29) is 5.91 Å². The number of thiocarbonyl (C=S) groups is 1. The summed E-state index contributed by atoms with van der Waals surface area (Å²) in [4.78, 5) is 13.2. The zero-order valence-electron chi connectivity index (χ0n) is 16.7. The number of rotatable bonds is 6. The molecule has 7 nitrogen and oxygen atoms in total. The summed E-state index contributed by atoms with van der Waals surface area (Å²) in [5, 5.41) is 9.56. The van der Waals surface area contributed by atoms with Gasteiger partial charge in [-0.1, -0.05) is 0 Å². The average molecular weight is 413 g/mol. The van der Waals surface area contributed by atoms with Crippen molar-refractivity contribution < 1.29 is 19.0 Å². The van der Waals surface area contributed by atoms with Crippen LogP contribution in [0.15, 0.2) is 53.7 Å². The molecule has 0 aliphatic carbocycles. The molecule has 152 valence electrons. The lowest BCUT2D eigenvalue weighted by molar-refractivity contribution is -0.113. The van der Waals surface area contributed by atoms with Crippen molar-refractivity contribution in [3.63, 3.8) is 0 Å². The van der Waals surface area contributed by atoms with Crippen LogP contribution < -0.4 is 30.2 Å². The second-order valence-electron chi connectivity index (χ2n) is 6.36. The van der Waals surface area contributed by atoms with Crippen LogP contribution >= 0.6 is 12.2 Å². The summed E-state index contributed by atoms with van der Waals surface area (Å²) in [5.41, 5.74) is 2.61. The number of methoxy groups -OCH3 is 3. The lowest BCUT2D eigenvalue weighted by Crippen LogP contribution is -2.45. The molecule has 1 atom stereocenters. The van der Waals surface area contributed by atoms with Crippen molar-refractivity contribution in [1.82, 2.24) is 10.6 Å². The predicted molar refractivity (Wildman–Crippen MR) is 115 cm³/mol. The van der Waals surface area contributed by atoms with Crippen molar-refractivity contribution in [2.75, 3.05) is 26.6 Å². The van der Waals surface area contributed by atoms with Gasteiger partial charge in [0.25, 0.3) is 5.91 Å². The van der Waals surface area contributed by atoms with E-state index in [1.54, 1.807) is 51.7 Å². The van der Waals surface area contributed by atoms with Gasteiger partial charge in [-0.15, -0.1) is 0 Å². The van der Waals surface area contributed by atoms with Gasteiger partial charge in [0.1, 0.15) is 17.2 Å². The van der Waals surface area contributed by atoms with E-state index in [0.717, 1.165) is 5.56 Å². The third-order valence-corrected chi connectivity index (χ3v) is 4.83. The molecule has 0 unspecified atom stereocenters. The van der Waals surface area contributed by atoms with Crippen LogP contribution in [0.3, 0.4) is 0 Å². The molecule has 1 aliphatic rings. The van der Waals surface area contributed by atoms with Gasteiger partial charge in [0.2, 0.25) is 0 Å². The molecule has 1 heterocycles. The number of carbonyl (C=O) groups is 1. The van der Waals surface area contributed by atoms with Gasteiger partial charge in [0, 0.05) is 23.0 Å². The third-order valence-electron chi connectivity index (χ3n) is 4.61. The summed E-state index contributed by atoms with van der Waals surface area (Å²) in [7, 11) is 4.76. The van der Waals surface area contributed by atoms with Gasteiger partial charge in [-0.05, 0) is 55.5 Å². The summed E-state index contributed by atoms with van der Waals surface area (Å²) in [6, 6.07) is 12.1. The molecule has 0 saturated carbocycles. The van der Waals surface area contributed by atoms with Crippen LogP contribution in [-0.2, 0) is 4.79 Å². The zero-order chi connectivity index (χ0) is 21.0. The van der Waals surface area contributed by atoms with Gasteiger partial charge in [-0.25, -0.2) is 0 Å². The van der Waals surface area contributed by atoms with Crippen LogP contribution in [0.5, 0.6) is 17.2 Å². The molecule has 1 aliphatic heterocycles. The van der Waals surface area contributed by atoms with Gasteiger partial charge in [0.15, 0.2) is 5.11 Å². The molecular weight excluding hydrogens is 390 g/mol. The summed E-state index contributed by atoms with van der Waals surface area (Å²) >= 11 is 5.32. The first kappa shape index (κ1) is 20.5. The Balaban J connectivity index is 1.96. The van der Waals surface area contributed by atoms with Crippen molar-refractivity contribution in [3.8, 4) is 17.2 Å². The van der Waals surface area contributed by atoms with Crippen molar-refractivity contribution in [2.45, 2.75) is 13.0 Å². The minimum atomic E-state index is -0.483. The molecule has 1 amide bonds. The molecular formula is C21H23N3O4S. The number of hydrogen-bond acceptors (Lipinski definition) is 5. The van der Waals surface area contributed by atoms with E-state index in [2.05, 4.69) is 16.0 Å². The quantitative estimate of drug-likeness (QED) is 0.628. The first-order chi connectivity index (χ1) is 14.0. The Hall–Kier alpha value is -3.26. The monoisotopic (exact) mass is 413 g/mol. The smallest absolute Gasteiger partial charge is 0.255 e. The van der Waals surface area contributed by atoms with Gasteiger partial charge >= 0.3 is 0 Å². The van der Waals surface area contributed by atoms with Crippen molar-refractivity contribution in [1.29, 1.82) is 0 Å². The van der Waals surface area contributed by atoms with Gasteiger partial charge in [-0.2, -0.15) is 0 Å². The average Bonchev–Trinajstić information content (AvgIpc) is 2.73. The molecule has 3 N–H and O–H groups in total. The fourth-order valence-electron chi connectivity index (χ4n) is 3.16. The molecule has 3 rings (SSSR count). The third kappa shape index (κ3) is 4.43. The zero-order valence-corrected chi connectivity index (χ0v) is 17.5. The molecule has 0 aromatic heterocycles. The topological polar surface area (TPSA) is 80.9 Å². The molecule has 2 aromatic carbocycles. The standard InChI is InChI=1S/C21H23N3O4S/c1-12-18(20(25)23-13-5-7-14(26-2)8-6-13)19(24-21(29)22-12)16-10-9-15(27-3)11-17(16)28-4/h5-11,19H,1-4H3,(H,23,25)(H2,22,24,29)/t19-/m1/s1. The van der Waals surface area contributed by atoms with Crippen LogP contribution in [0.1, 0.15) is 18.5 Å². The van der Waals surface area contributed by atoms with Gasteiger partial charge < -0.3 is 30.2 Å². The van der Waals surface area contributed by atoms with Crippen LogP contribution in [-0.4, -0.2) is 32.3 Å². The summed E-state index contributed by atoms with van der Waals surface area (Å²) in [6.07, 6.45) is 0. The van der Waals surface area contributed by atoms with Crippen molar-refractivity contribution >= 4 is 28.9 Å². The van der Waals surface area contributed by atoms with E-state index in [1.807, 2.05) is 19.1 Å². The second-order valence-corrected chi connectivity index (χ2v) is 6.77. The maximum atomic E-state index is 13.2. The lowest BCUT2D eigenvalue weighted by atomic mass is 9.94. The fraction of sp³-hybridized carbons (Fsp3) is 0.238. The Bertz CT molecular complexity index is 957. The maximum Gasteiger partial charge on any atom is 0.255 e. The predicted octanol–water partition coefficient (Wildman–Crippen LogP) is 3.14. The molecule has 0 bridgehead atoms. The second kappa shape index (κ2) is 8.83. The highest BCUT2D eigenvalue weighted by Crippen LogP contribution is 2.35. The molecule has 0 fully saturated rings. The number of benzene rings is 2. The Labute approximate surface area is 175 Å². The molecule has 2 aromatic rings. The maximum absolute atomic E-state index is 13.2. The lowest BCUT2D eigenvalue weighted by Gasteiger charge is -2.31. The van der Waals surface area contributed by atoms with Crippen LogP contribution in [0.25, 0.3) is 0 Å². The van der Waals surface area contributed by atoms with Crippen molar-refractivity contribution in [2.24, 2.45) is 0 Å². The van der Waals surface area contributed by atoms with E-state index in [9.17, 15) is 4.79 Å². The Morgan fingerprint density at radius 3 is 2.28 bits per heavy atom. The van der Waals surface area contributed by atoms with Crippen molar-refractivity contribution in [3.05, 3.63) is 59.3 Å². The Morgan fingerprint density at radius 1 is 1.00 bits per heavy atom. The normalized spacial score (nSPS) is 15.9. The van der Waals surface area contributed by atoms with Crippen LogP contribution in [0.4, 0.5) is 5.69 Å². The molecule has 0 saturated heterocycles. The Kier molecular flexibility index (Phi) is 6.23. The first-order valence-electron chi connectivity index (χ1n) is 8.92. The molecule has 29 heavy (non-hydrogen) atoms. The molecule has 8 heteroatoms. The number of anilines is 1. The SMILES string of the molecule is COc1ccc(NC(=O)C2=C(C)NC(=S)N[C@@H]2c2ccc(OC)cc2OC)cc1. The Morgan fingerprint density at radius 2 is 1.66 bits per heavy atom. The highest BCUT2D eigenvalue weighted by molar-refractivity contribution is 7.80. The summed E-state index contributed by atoms with van der Waals surface area (Å²) in [5.74, 6) is 1.71. The van der Waals surface area contributed by atoms with Crippen LogP contribution in [0, 0.1) is 0 Å². The van der Waals surface area contributed by atoms with Crippen LogP contribution in [0.2, 0.25) is 0 Å². The number of ether oxygens (including phenoxy) is 3. The number of hydrogen-bond donors (Lipinski definition) is 3. The minimum Gasteiger partial charge on any atom is -0.497 e. The fourth-order valence-corrected chi connectivity index (χ4v) is 3.43. The number of nitrogens with one attached hydrogen (secondary N) is 3. The van der Waals surface area contributed by atoms with E-state index in [1.165, 1.54) is 0 Å². The highest BCUT2D eigenvalue weighted by atomic mass is 32.1.